The van der Waals surface area contributed by atoms with Crippen molar-refractivity contribution in [3.05, 3.63) is 154 Å². The lowest BCUT2D eigenvalue weighted by Gasteiger charge is -2.42. The van der Waals surface area contributed by atoms with Gasteiger partial charge in [0.1, 0.15) is 5.58 Å². The van der Waals surface area contributed by atoms with Crippen molar-refractivity contribution in [1.82, 2.24) is 5.32 Å². The fourth-order valence-electron chi connectivity index (χ4n) is 8.95. The monoisotopic (exact) mass is 862 g/mol. The van der Waals surface area contributed by atoms with E-state index in [0.717, 1.165) is 75.8 Å². The Morgan fingerprint density at radius 1 is 0.922 bits per heavy atom. The number of hydrogen-bond donors (Lipinski definition) is 2. The molecular weight excluding hydrogens is 775 g/mol. The number of benzene rings is 3. The Kier molecular flexibility index (Phi) is 12.7. The van der Waals surface area contributed by atoms with Gasteiger partial charge in [0.2, 0.25) is 0 Å². The summed E-state index contributed by atoms with van der Waals surface area (Å²) in [6.07, 6.45) is 19.7. The Balaban J connectivity index is 1.76. The lowest BCUT2D eigenvalue weighted by atomic mass is 9.37. The van der Waals surface area contributed by atoms with Gasteiger partial charge < -0.3 is 15.1 Å². The summed E-state index contributed by atoms with van der Waals surface area (Å²) in [6, 6.07) is 11.6. The van der Waals surface area contributed by atoms with E-state index in [9.17, 15) is 2.74 Å². The van der Waals surface area contributed by atoms with Crippen LogP contribution in [0.5, 0.6) is 0 Å². The molecule has 0 radical (unpaired) electrons. The number of anilines is 1. The molecule has 1 heterocycles. The van der Waals surface area contributed by atoms with E-state index in [1.165, 1.54) is 11.1 Å². The zero-order valence-corrected chi connectivity index (χ0v) is 42.3. The highest BCUT2D eigenvalue weighted by atomic mass is 16.3. The molecule has 0 saturated carbocycles. The molecule has 0 amide bonds. The van der Waals surface area contributed by atoms with Crippen molar-refractivity contribution >= 4 is 29.0 Å². The van der Waals surface area contributed by atoms with Crippen molar-refractivity contribution in [2.75, 3.05) is 11.9 Å². The second kappa shape index (κ2) is 19.4. The van der Waals surface area contributed by atoms with E-state index < -0.39 is 6.04 Å². The molecule has 1 unspecified atom stereocenters. The van der Waals surface area contributed by atoms with Gasteiger partial charge in [0, 0.05) is 34.6 Å². The van der Waals surface area contributed by atoms with Crippen LogP contribution >= 0.6 is 0 Å². The molecule has 0 saturated heterocycles. The highest BCUT2D eigenvalue weighted by molar-refractivity contribution is 6.86. The molecule has 6 rings (SSSR count). The first-order chi connectivity index (χ1) is 32.0. The maximum absolute atomic E-state index is 9.36. The standard InChI is InChI=1S/C60H81BN2O/c1-17-47(25-21-22-40(2)3)61(56-36-45-35-46(58(10,11)12)28-31-55(45)64-56)52(39-62-48-29-26-43(27-30-48)41(4)5)54(34-42(6)57(7,8)9)63-53-38-51-50(59(13,14)32-33-60(51,15)16)37-49(53)44-23-19-18-20-24-44/h17-21,23-26,28-31,34-38,40-41,43,62-63H,22,27,32-33,39H2,1-16H3/b25-21-,42-34+,47-17+,54-52-/i18D,19D,20D,23D,24D. The number of fused-ring (bicyclic) bond motifs is 2. The van der Waals surface area contributed by atoms with Crippen molar-refractivity contribution in [3.63, 3.8) is 0 Å². The van der Waals surface area contributed by atoms with Crippen LogP contribution in [0.2, 0.25) is 0 Å². The molecule has 4 aromatic rings. The molecule has 2 N–H and O–H groups in total. The first-order valence-corrected chi connectivity index (χ1v) is 24.0. The third-order valence-corrected chi connectivity index (χ3v) is 14.0. The number of rotatable bonds is 14. The Hall–Kier alpha value is -4.70. The fraction of sp³-hybridized carbons (Fsp3) is 0.467. The maximum Gasteiger partial charge on any atom is 0.287 e. The Morgan fingerprint density at radius 2 is 1.59 bits per heavy atom. The molecule has 64 heavy (non-hydrogen) atoms. The van der Waals surface area contributed by atoms with E-state index in [1.54, 1.807) is 0 Å². The van der Waals surface area contributed by atoms with Gasteiger partial charge in [-0.3, -0.25) is 0 Å². The second-order valence-corrected chi connectivity index (χ2v) is 22.8. The molecule has 0 fully saturated rings. The first kappa shape index (κ1) is 42.0. The van der Waals surface area contributed by atoms with Crippen molar-refractivity contribution < 1.29 is 11.3 Å². The molecule has 1 atom stereocenters. The third kappa shape index (κ3) is 11.4. The van der Waals surface area contributed by atoms with Crippen molar-refractivity contribution in [2.24, 2.45) is 23.2 Å². The normalized spacial score (nSPS) is 19.5. The molecule has 3 nitrogen and oxygen atoms in total. The molecule has 2 aliphatic carbocycles. The zero-order valence-electron chi connectivity index (χ0n) is 47.3. The predicted octanol–water partition coefficient (Wildman–Crippen LogP) is 16.1. The lowest BCUT2D eigenvalue weighted by molar-refractivity contribution is 0.332. The van der Waals surface area contributed by atoms with Gasteiger partial charge in [-0.25, -0.2) is 0 Å². The highest BCUT2D eigenvalue weighted by Gasteiger charge is 2.38. The molecular formula is C60H81BN2O. The van der Waals surface area contributed by atoms with Crippen LogP contribution in [0.4, 0.5) is 5.69 Å². The van der Waals surface area contributed by atoms with Gasteiger partial charge in [-0.15, -0.1) is 0 Å². The molecule has 3 aromatic carbocycles. The number of hydrogen-bond acceptors (Lipinski definition) is 3. The summed E-state index contributed by atoms with van der Waals surface area (Å²) in [4.78, 5) is 0. The van der Waals surface area contributed by atoms with Gasteiger partial charge in [0.05, 0.1) is 12.5 Å². The Morgan fingerprint density at radius 3 is 2.17 bits per heavy atom. The molecule has 2 aliphatic rings. The van der Waals surface area contributed by atoms with Gasteiger partial charge in [0.15, 0.2) is 0 Å². The number of nitrogens with one attached hydrogen (secondary N) is 2. The first-order valence-electron chi connectivity index (χ1n) is 26.5. The Bertz CT molecular complexity index is 2730. The van der Waals surface area contributed by atoms with Crippen LogP contribution in [-0.2, 0) is 16.2 Å². The quantitative estimate of drug-likeness (QED) is 0.0980. The fourth-order valence-corrected chi connectivity index (χ4v) is 8.95. The van der Waals surface area contributed by atoms with Gasteiger partial charge in [-0.2, -0.15) is 0 Å². The summed E-state index contributed by atoms with van der Waals surface area (Å²) < 4.78 is 52.0. The van der Waals surface area contributed by atoms with Crippen molar-refractivity contribution in [3.8, 4) is 11.1 Å². The summed E-state index contributed by atoms with van der Waals surface area (Å²) in [5, 5.41) is 9.00. The lowest BCUT2D eigenvalue weighted by Crippen LogP contribution is -2.39. The molecule has 0 aliphatic heterocycles. The van der Waals surface area contributed by atoms with Gasteiger partial charge in [0.25, 0.3) is 6.71 Å². The van der Waals surface area contributed by atoms with E-state index in [0.29, 0.717) is 35.5 Å². The van der Waals surface area contributed by atoms with Gasteiger partial charge >= 0.3 is 0 Å². The zero-order chi connectivity index (χ0) is 51.1. The summed E-state index contributed by atoms with van der Waals surface area (Å²) in [5.74, 6) is 1.48. The van der Waals surface area contributed by atoms with E-state index >= 15 is 0 Å². The largest absolute Gasteiger partial charge is 0.470 e. The average Bonchev–Trinajstić information content (AvgIpc) is 3.70. The maximum atomic E-state index is 9.36. The predicted molar refractivity (Wildman–Crippen MR) is 282 cm³/mol. The van der Waals surface area contributed by atoms with E-state index in [2.05, 4.69) is 200 Å². The van der Waals surface area contributed by atoms with Crippen LogP contribution in [0.25, 0.3) is 22.1 Å². The molecule has 1 aromatic heterocycles. The van der Waals surface area contributed by atoms with Crippen molar-refractivity contribution in [2.45, 2.75) is 153 Å². The SMILES string of the molecule is [2H]c1c([2H])c([2H])c(-c2cc3c(cc2NC(/C=C(\C)C(C)(C)C)=C(/CNC2=CCC(C(C)C)C=C2)B(C(/C=C\CC(C)C)=C/C)c2cc4cc(C(C)(C)C)ccc4o2)C(C)(C)CCC3(C)C)c([2H])c1[2H]. The van der Waals surface area contributed by atoms with E-state index in [1.807, 2.05) is 0 Å². The number of furan rings is 1. The highest BCUT2D eigenvalue weighted by Crippen LogP contribution is 2.49. The van der Waals surface area contributed by atoms with E-state index in [-0.39, 0.29) is 58.1 Å². The average molecular weight is 862 g/mol. The molecule has 340 valence electrons. The molecule has 0 bridgehead atoms. The van der Waals surface area contributed by atoms with Crippen molar-refractivity contribution in [1.29, 1.82) is 0 Å². The minimum absolute atomic E-state index is 0.0487. The Labute approximate surface area is 396 Å². The second-order valence-electron chi connectivity index (χ2n) is 22.8. The van der Waals surface area contributed by atoms with E-state index in [4.69, 9.17) is 8.53 Å². The molecule has 0 spiro atoms. The minimum atomic E-state index is -0.404. The molecule has 4 heteroatoms. The van der Waals surface area contributed by atoms with Gasteiger partial charge in [-0.1, -0.05) is 175 Å². The topological polar surface area (TPSA) is 37.2 Å². The van der Waals surface area contributed by atoms with Crippen LogP contribution in [-0.4, -0.2) is 13.3 Å². The van der Waals surface area contributed by atoms with Crippen LogP contribution in [0.1, 0.15) is 160 Å². The number of allylic oxidation sites excluding steroid dienone is 9. The van der Waals surface area contributed by atoms with Crippen LogP contribution in [0.3, 0.4) is 0 Å². The summed E-state index contributed by atoms with van der Waals surface area (Å²) >= 11 is 0. The van der Waals surface area contributed by atoms with Gasteiger partial charge in [-0.05, 0) is 149 Å². The van der Waals surface area contributed by atoms with Crippen LogP contribution in [0, 0.1) is 23.2 Å². The summed E-state index contributed by atoms with van der Waals surface area (Å²) in [5.41, 5.74) is 11.2. The van der Waals surface area contributed by atoms with Crippen LogP contribution < -0.4 is 16.3 Å². The summed E-state index contributed by atoms with van der Waals surface area (Å²) in [6.45, 7) is 35.9. The van der Waals surface area contributed by atoms with Crippen LogP contribution in [0.15, 0.2) is 141 Å². The minimum Gasteiger partial charge on any atom is -0.470 e. The smallest absolute Gasteiger partial charge is 0.287 e. The third-order valence-electron chi connectivity index (χ3n) is 14.0. The summed E-state index contributed by atoms with van der Waals surface area (Å²) in [7, 11) is 0.